The molecule has 10 heteroatoms. The number of likely N-dealkylation sites (N-methyl/N-ethyl adjacent to an activating group) is 1. The van der Waals surface area contributed by atoms with E-state index in [-0.39, 0.29) is 25.0 Å². The van der Waals surface area contributed by atoms with Crippen molar-refractivity contribution in [2.75, 3.05) is 19.6 Å². The monoisotopic (exact) mass is 404 g/mol. The summed E-state index contributed by atoms with van der Waals surface area (Å²) >= 11 is 0. The molecular weight excluding hydrogens is 376 g/mol. The number of nitrogens with zero attached hydrogens (tertiary/aromatic N) is 3. The topological polar surface area (TPSA) is 154 Å². The Morgan fingerprint density at radius 3 is 2.45 bits per heavy atom. The fourth-order valence-electron chi connectivity index (χ4n) is 3.54. The zero-order chi connectivity index (χ0) is 21.6. The van der Waals surface area contributed by atoms with Gasteiger partial charge in [-0.15, -0.1) is 0 Å². The molecule has 6 N–H and O–H groups in total. The molecule has 0 radical (unpaired) electrons. The van der Waals surface area contributed by atoms with Gasteiger partial charge in [0.15, 0.2) is 5.96 Å². The summed E-state index contributed by atoms with van der Waals surface area (Å²) in [4.78, 5) is 43.5. The number of likely N-dealkylation sites (tertiary alicyclic amines) is 1. The van der Waals surface area contributed by atoms with Crippen LogP contribution in [0, 0.1) is 5.92 Å². The van der Waals surface area contributed by atoms with Gasteiger partial charge in [0.2, 0.25) is 11.8 Å². The van der Waals surface area contributed by atoms with Gasteiger partial charge in [0, 0.05) is 39.0 Å². The first-order valence-corrected chi connectivity index (χ1v) is 9.39. The number of carboxylic acid groups (broad SMARTS) is 1. The van der Waals surface area contributed by atoms with Gasteiger partial charge in [-0.05, 0) is 12.5 Å². The third-order valence-corrected chi connectivity index (χ3v) is 4.88. The highest BCUT2D eigenvalue weighted by molar-refractivity contribution is 5.87. The van der Waals surface area contributed by atoms with Crippen molar-refractivity contribution in [3.05, 3.63) is 35.9 Å². The second kappa shape index (κ2) is 9.76. The van der Waals surface area contributed by atoms with E-state index in [0.29, 0.717) is 13.1 Å². The van der Waals surface area contributed by atoms with Crippen LogP contribution in [0.25, 0.3) is 0 Å². The smallest absolute Gasteiger partial charge is 0.407 e. The van der Waals surface area contributed by atoms with E-state index in [1.807, 2.05) is 37.3 Å². The van der Waals surface area contributed by atoms with Crippen LogP contribution in [-0.4, -0.2) is 70.5 Å². The average Bonchev–Trinajstić information content (AvgIpc) is 3.07. The predicted octanol–water partition coefficient (Wildman–Crippen LogP) is -0.208. The predicted molar refractivity (Wildman–Crippen MR) is 108 cm³/mol. The van der Waals surface area contributed by atoms with E-state index in [4.69, 9.17) is 11.5 Å². The van der Waals surface area contributed by atoms with Crippen molar-refractivity contribution in [2.24, 2.45) is 22.4 Å². The Labute approximate surface area is 169 Å². The highest BCUT2D eigenvalue weighted by Gasteiger charge is 2.44. The van der Waals surface area contributed by atoms with Gasteiger partial charge in [-0.25, -0.2) is 9.79 Å². The van der Waals surface area contributed by atoms with Crippen LogP contribution in [-0.2, 0) is 16.1 Å². The Morgan fingerprint density at radius 2 is 1.93 bits per heavy atom. The van der Waals surface area contributed by atoms with Gasteiger partial charge in [0.25, 0.3) is 0 Å². The first kappa shape index (κ1) is 22.0. The minimum Gasteiger partial charge on any atom is -0.465 e. The number of aliphatic imine (C=N–C) groups is 1. The van der Waals surface area contributed by atoms with E-state index < -0.39 is 30.0 Å². The molecule has 0 bridgehead atoms. The molecule has 1 aromatic rings. The molecule has 29 heavy (non-hydrogen) atoms. The minimum atomic E-state index is -1.13. The van der Waals surface area contributed by atoms with Crippen LogP contribution in [0.1, 0.15) is 19.4 Å². The quantitative estimate of drug-likeness (QED) is 0.364. The largest absolute Gasteiger partial charge is 0.465 e. The third-order valence-electron chi connectivity index (χ3n) is 4.88. The van der Waals surface area contributed by atoms with E-state index in [2.05, 4.69) is 10.3 Å². The third kappa shape index (κ3) is 5.84. The molecule has 2 rings (SSSR count). The Hall–Kier alpha value is -3.30. The number of guanidine groups is 1. The highest BCUT2D eigenvalue weighted by Crippen LogP contribution is 2.25. The van der Waals surface area contributed by atoms with Crippen LogP contribution in [0.15, 0.2) is 35.3 Å². The van der Waals surface area contributed by atoms with Crippen LogP contribution in [0.3, 0.4) is 0 Å². The number of hydrogen-bond acceptors (Lipinski definition) is 4. The summed E-state index contributed by atoms with van der Waals surface area (Å²) in [6, 6.07) is 7.90. The van der Waals surface area contributed by atoms with Crippen molar-refractivity contribution >= 4 is 23.9 Å². The van der Waals surface area contributed by atoms with E-state index in [1.165, 1.54) is 6.92 Å². The van der Waals surface area contributed by atoms with Crippen molar-refractivity contribution in [3.63, 3.8) is 0 Å². The molecule has 1 unspecified atom stereocenters. The first-order valence-electron chi connectivity index (χ1n) is 9.39. The summed E-state index contributed by atoms with van der Waals surface area (Å²) in [5.74, 6) is -1.48. The molecule has 1 aromatic carbocycles. The van der Waals surface area contributed by atoms with Gasteiger partial charge < -0.3 is 31.7 Å². The molecule has 3 atom stereocenters. The number of carbonyl (C=O) groups excluding carboxylic acids is 2. The SMILES string of the molecule is CCN(Cc1ccccc1)C(=O)C(NC(C)=O)[C@H]1CN(C(=O)O)C[C@@H]1N=C(N)N. The maximum Gasteiger partial charge on any atom is 0.407 e. The summed E-state index contributed by atoms with van der Waals surface area (Å²) in [6.45, 7) is 4.04. The lowest BCUT2D eigenvalue weighted by Crippen LogP contribution is -2.54. The van der Waals surface area contributed by atoms with Crippen LogP contribution < -0.4 is 16.8 Å². The number of rotatable bonds is 7. The maximum absolute atomic E-state index is 13.3. The van der Waals surface area contributed by atoms with Crippen molar-refractivity contribution in [1.82, 2.24) is 15.1 Å². The molecule has 1 fully saturated rings. The summed E-state index contributed by atoms with van der Waals surface area (Å²) in [5, 5.41) is 12.1. The number of amides is 3. The molecule has 0 aromatic heterocycles. The number of hydrogen-bond donors (Lipinski definition) is 4. The lowest BCUT2D eigenvalue weighted by atomic mass is 9.93. The Morgan fingerprint density at radius 1 is 1.28 bits per heavy atom. The number of carbonyl (C=O) groups is 3. The summed E-state index contributed by atoms with van der Waals surface area (Å²) < 4.78 is 0. The molecule has 1 aliphatic rings. The van der Waals surface area contributed by atoms with Gasteiger partial charge in [0.1, 0.15) is 6.04 Å². The highest BCUT2D eigenvalue weighted by atomic mass is 16.4. The zero-order valence-electron chi connectivity index (χ0n) is 16.6. The van der Waals surface area contributed by atoms with Crippen LogP contribution in [0.2, 0.25) is 0 Å². The van der Waals surface area contributed by atoms with E-state index in [0.717, 1.165) is 10.5 Å². The second-order valence-corrected chi connectivity index (χ2v) is 6.99. The Kier molecular flexibility index (Phi) is 7.40. The number of nitrogens with two attached hydrogens (primary N) is 2. The minimum absolute atomic E-state index is 0.0381. The average molecular weight is 404 g/mol. The van der Waals surface area contributed by atoms with E-state index in [1.54, 1.807) is 4.90 Å². The van der Waals surface area contributed by atoms with Crippen molar-refractivity contribution in [3.8, 4) is 0 Å². The number of benzene rings is 1. The fraction of sp³-hybridized carbons (Fsp3) is 0.474. The molecule has 158 valence electrons. The lowest BCUT2D eigenvalue weighted by Gasteiger charge is -2.31. The summed E-state index contributed by atoms with van der Waals surface area (Å²) in [7, 11) is 0. The normalized spacial score (nSPS) is 19.3. The van der Waals surface area contributed by atoms with Crippen LogP contribution >= 0.6 is 0 Å². The first-order chi connectivity index (χ1) is 13.7. The number of nitrogens with one attached hydrogen (secondary N) is 1. The molecule has 0 saturated carbocycles. The molecule has 3 amide bonds. The molecule has 0 spiro atoms. The second-order valence-electron chi connectivity index (χ2n) is 6.99. The van der Waals surface area contributed by atoms with E-state index in [9.17, 15) is 19.5 Å². The van der Waals surface area contributed by atoms with Crippen molar-refractivity contribution < 1.29 is 19.5 Å². The van der Waals surface area contributed by atoms with Crippen molar-refractivity contribution in [1.29, 1.82) is 0 Å². The molecule has 1 heterocycles. The summed E-state index contributed by atoms with van der Waals surface area (Å²) in [5.41, 5.74) is 11.9. The maximum atomic E-state index is 13.3. The van der Waals surface area contributed by atoms with Gasteiger partial charge in [-0.2, -0.15) is 0 Å². The van der Waals surface area contributed by atoms with Gasteiger partial charge >= 0.3 is 6.09 Å². The standard InChI is InChI=1S/C19H28N6O4/c1-3-24(9-13-7-5-4-6-8-13)17(27)16(22-12(2)26)14-10-25(19(28)29)11-15(14)23-18(20)21/h4-8,14-16H,3,9-11H2,1-2H3,(H,22,26)(H,28,29)(H4,20,21,23)/t14-,15-,16?/m0/s1. The van der Waals surface area contributed by atoms with Crippen LogP contribution in [0.5, 0.6) is 0 Å². The molecule has 1 aliphatic heterocycles. The van der Waals surface area contributed by atoms with Crippen molar-refractivity contribution in [2.45, 2.75) is 32.5 Å². The van der Waals surface area contributed by atoms with Gasteiger partial charge in [-0.3, -0.25) is 9.59 Å². The Balaban J connectivity index is 2.32. The zero-order valence-corrected chi connectivity index (χ0v) is 16.6. The van der Waals surface area contributed by atoms with E-state index >= 15 is 0 Å². The molecular formula is C19H28N6O4. The fourth-order valence-corrected chi connectivity index (χ4v) is 3.54. The van der Waals surface area contributed by atoms with Gasteiger partial charge in [0.05, 0.1) is 6.04 Å². The molecule has 1 saturated heterocycles. The molecule has 0 aliphatic carbocycles. The lowest BCUT2D eigenvalue weighted by molar-refractivity contribution is -0.138. The van der Waals surface area contributed by atoms with Crippen LogP contribution in [0.4, 0.5) is 4.79 Å². The van der Waals surface area contributed by atoms with Gasteiger partial charge in [-0.1, -0.05) is 30.3 Å². The molecule has 10 nitrogen and oxygen atoms in total. The Bertz CT molecular complexity index is 765. The summed E-state index contributed by atoms with van der Waals surface area (Å²) in [6.07, 6.45) is -1.13.